The average molecular weight is 475 g/mol. The molecule has 0 N–H and O–H groups in total. The Morgan fingerprint density at radius 3 is 2.00 bits per heavy atom. The maximum Gasteiger partial charge on any atom is 0.343 e. The van der Waals surface area contributed by atoms with Crippen LogP contribution in [0.5, 0.6) is 23.0 Å². The van der Waals surface area contributed by atoms with Gasteiger partial charge in [0.05, 0.1) is 32.5 Å². The van der Waals surface area contributed by atoms with Gasteiger partial charge < -0.3 is 18.9 Å². The number of hydrogen-bond acceptors (Lipinski definition) is 6. The Bertz CT molecular complexity index is 1230. The van der Waals surface area contributed by atoms with Gasteiger partial charge in [-0.2, -0.15) is 0 Å². The molecule has 6 heteroatoms. The maximum atomic E-state index is 12.8. The molecule has 0 spiro atoms. The third kappa shape index (κ3) is 6.29. The lowest BCUT2D eigenvalue weighted by Gasteiger charge is -2.19. The molecule has 0 aliphatic heterocycles. The van der Waals surface area contributed by atoms with E-state index in [-0.39, 0.29) is 16.9 Å². The van der Waals surface area contributed by atoms with Crippen molar-refractivity contribution in [3.8, 4) is 23.0 Å². The van der Waals surface area contributed by atoms with Gasteiger partial charge in [-0.1, -0.05) is 45.0 Å². The molecule has 0 radical (unpaired) electrons. The van der Waals surface area contributed by atoms with Gasteiger partial charge in [0.15, 0.2) is 17.3 Å². The molecule has 0 atom stereocenters. The lowest BCUT2D eigenvalue weighted by molar-refractivity contribution is 0.0729. The van der Waals surface area contributed by atoms with Crippen molar-refractivity contribution in [3.63, 3.8) is 0 Å². The molecule has 0 amide bonds. The van der Waals surface area contributed by atoms with Gasteiger partial charge in [0.1, 0.15) is 11.5 Å². The van der Waals surface area contributed by atoms with Crippen LogP contribution in [0.4, 0.5) is 0 Å². The number of methoxy groups -OCH3 is 3. The predicted molar refractivity (Wildman–Crippen MR) is 136 cm³/mol. The summed E-state index contributed by atoms with van der Waals surface area (Å²) in [5, 5.41) is 0. The molecule has 3 aromatic carbocycles. The maximum absolute atomic E-state index is 12.8. The van der Waals surface area contributed by atoms with Gasteiger partial charge in [-0.25, -0.2) is 4.79 Å². The largest absolute Gasteiger partial charge is 0.497 e. The number of ether oxygens (including phenoxy) is 4. The quantitative estimate of drug-likeness (QED) is 0.169. The molecule has 0 bridgehead atoms. The Balaban J connectivity index is 1.76. The molecule has 35 heavy (non-hydrogen) atoms. The molecule has 0 saturated carbocycles. The zero-order valence-corrected chi connectivity index (χ0v) is 20.9. The Morgan fingerprint density at radius 1 is 0.743 bits per heavy atom. The number of allylic oxidation sites excluding steroid dienone is 1. The van der Waals surface area contributed by atoms with Crippen molar-refractivity contribution in [3.05, 3.63) is 89.0 Å². The molecule has 0 aliphatic carbocycles. The van der Waals surface area contributed by atoms with Gasteiger partial charge in [-0.3, -0.25) is 4.79 Å². The topological polar surface area (TPSA) is 71.1 Å². The molecule has 182 valence electrons. The number of esters is 1. The summed E-state index contributed by atoms with van der Waals surface area (Å²) >= 11 is 0. The number of benzene rings is 3. The fourth-order valence-electron chi connectivity index (χ4n) is 3.41. The Morgan fingerprint density at radius 2 is 1.40 bits per heavy atom. The molecular weight excluding hydrogens is 444 g/mol. The monoisotopic (exact) mass is 474 g/mol. The smallest absolute Gasteiger partial charge is 0.343 e. The van der Waals surface area contributed by atoms with Crippen LogP contribution in [0.1, 0.15) is 52.6 Å². The summed E-state index contributed by atoms with van der Waals surface area (Å²) in [6.07, 6.45) is 3.09. The van der Waals surface area contributed by atoms with Crippen molar-refractivity contribution in [1.29, 1.82) is 0 Å². The number of carbonyl (C=O) groups excluding carboxylic acids is 2. The molecule has 0 saturated heterocycles. The highest BCUT2D eigenvalue weighted by atomic mass is 16.6. The van der Waals surface area contributed by atoms with Gasteiger partial charge >= 0.3 is 5.97 Å². The highest BCUT2D eigenvalue weighted by Crippen LogP contribution is 2.30. The standard InChI is InChI=1S/C29H30O6/c1-29(2,3)21-11-9-20(10-12-21)28(31)35-26-15-8-19(17-27(26)34-6)7-14-24(30)23-18-22(32-4)13-16-25(23)33-5/h7-18H,1-6H3/b14-7+. The molecule has 0 fully saturated rings. The Kier molecular flexibility index (Phi) is 7.97. The molecule has 6 nitrogen and oxygen atoms in total. The number of ketones is 1. The molecule has 0 aliphatic rings. The molecule has 0 heterocycles. The first-order valence-corrected chi connectivity index (χ1v) is 11.1. The number of carbonyl (C=O) groups is 2. The third-order valence-electron chi connectivity index (χ3n) is 5.48. The zero-order valence-electron chi connectivity index (χ0n) is 20.9. The molecule has 3 rings (SSSR count). The van der Waals surface area contributed by atoms with Crippen molar-refractivity contribution >= 4 is 17.8 Å². The molecule has 0 aromatic heterocycles. The van der Waals surface area contributed by atoms with E-state index in [0.29, 0.717) is 33.9 Å². The fourth-order valence-corrected chi connectivity index (χ4v) is 3.41. The number of hydrogen-bond donors (Lipinski definition) is 0. The van der Waals surface area contributed by atoms with Gasteiger partial charge in [0, 0.05) is 0 Å². The highest BCUT2D eigenvalue weighted by Gasteiger charge is 2.17. The third-order valence-corrected chi connectivity index (χ3v) is 5.48. The summed E-state index contributed by atoms with van der Waals surface area (Å²) in [6, 6.07) is 17.5. The Hall–Kier alpha value is -4.06. The summed E-state index contributed by atoms with van der Waals surface area (Å²) in [6.45, 7) is 6.34. The van der Waals surface area contributed by atoms with Crippen LogP contribution in [0.25, 0.3) is 6.08 Å². The first-order chi connectivity index (χ1) is 16.7. The molecule has 3 aromatic rings. The van der Waals surface area contributed by atoms with Crippen molar-refractivity contribution in [1.82, 2.24) is 0 Å². The van der Waals surface area contributed by atoms with E-state index in [4.69, 9.17) is 18.9 Å². The van der Waals surface area contributed by atoms with Crippen molar-refractivity contribution in [2.24, 2.45) is 0 Å². The summed E-state index contributed by atoms with van der Waals surface area (Å²) < 4.78 is 21.5. The second kappa shape index (κ2) is 10.9. The first-order valence-electron chi connectivity index (χ1n) is 11.1. The SMILES string of the molecule is COc1ccc(OC)c(C(=O)/C=C/c2ccc(OC(=O)c3ccc(C(C)(C)C)cc3)c(OC)c2)c1. The van der Waals surface area contributed by atoms with Crippen molar-refractivity contribution in [2.45, 2.75) is 26.2 Å². The minimum atomic E-state index is -0.479. The van der Waals surface area contributed by atoms with Gasteiger partial charge in [-0.15, -0.1) is 0 Å². The lowest BCUT2D eigenvalue weighted by atomic mass is 9.87. The first kappa shape index (κ1) is 25.6. The van der Waals surface area contributed by atoms with Crippen LogP contribution < -0.4 is 18.9 Å². The zero-order chi connectivity index (χ0) is 25.6. The van der Waals surface area contributed by atoms with E-state index in [1.165, 1.54) is 27.4 Å². The van der Waals surface area contributed by atoms with Crippen molar-refractivity contribution in [2.75, 3.05) is 21.3 Å². The van der Waals surface area contributed by atoms with Crippen LogP contribution in [0.2, 0.25) is 0 Å². The van der Waals surface area contributed by atoms with Crippen LogP contribution in [-0.4, -0.2) is 33.1 Å². The summed E-state index contributed by atoms with van der Waals surface area (Å²) in [4.78, 5) is 25.4. The summed E-state index contributed by atoms with van der Waals surface area (Å²) in [7, 11) is 4.53. The average Bonchev–Trinajstić information content (AvgIpc) is 2.86. The van der Waals surface area contributed by atoms with Crippen LogP contribution in [0, 0.1) is 0 Å². The van der Waals surface area contributed by atoms with Gasteiger partial charge in [0.2, 0.25) is 0 Å². The van der Waals surface area contributed by atoms with Crippen LogP contribution in [-0.2, 0) is 5.41 Å². The van der Waals surface area contributed by atoms with Crippen LogP contribution in [0.3, 0.4) is 0 Å². The van der Waals surface area contributed by atoms with E-state index in [0.717, 1.165) is 5.56 Å². The van der Waals surface area contributed by atoms with E-state index >= 15 is 0 Å². The molecule has 0 unspecified atom stereocenters. The van der Waals surface area contributed by atoms with E-state index in [2.05, 4.69) is 20.8 Å². The van der Waals surface area contributed by atoms with E-state index in [9.17, 15) is 9.59 Å². The summed E-state index contributed by atoms with van der Waals surface area (Å²) in [5.41, 5.74) is 2.66. The minimum Gasteiger partial charge on any atom is -0.497 e. The second-order valence-electron chi connectivity index (χ2n) is 8.89. The van der Waals surface area contributed by atoms with Crippen LogP contribution in [0.15, 0.2) is 66.7 Å². The number of rotatable bonds is 8. The fraction of sp³-hybridized carbons (Fsp3) is 0.241. The Labute approximate surface area is 206 Å². The van der Waals surface area contributed by atoms with Crippen molar-refractivity contribution < 1.29 is 28.5 Å². The van der Waals surface area contributed by atoms with E-state index < -0.39 is 5.97 Å². The molecular formula is C29H30O6. The van der Waals surface area contributed by atoms with Gasteiger partial charge in [0.25, 0.3) is 0 Å². The van der Waals surface area contributed by atoms with Crippen LogP contribution >= 0.6 is 0 Å². The van der Waals surface area contributed by atoms with Gasteiger partial charge in [-0.05, 0) is 65.1 Å². The predicted octanol–water partition coefficient (Wildman–Crippen LogP) is 6.13. The lowest BCUT2D eigenvalue weighted by Crippen LogP contribution is -2.13. The highest BCUT2D eigenvalue weighted by molar-refractivity contribution is 6.09. The second-order valence-corrected chi connectivity index (χ2v) is 8.89. The van der Waals surface area contributed by atoms with E-state index in [1.54, 1.807) is 54.6 Å². The van der Waals surface area contributed by atoms with E-state index in [1.807, 2.05) is 12.1 Å². The summed E-state index contributed by atoms with van der Waals surface area (Å²) in [5.74, 6) is 0.953. The normalized spacial score (nSPS) is 11.3. The minimum absolute atomic E-state index is 0.00586.